The number of hydrazone groups is 1. The van der Waals surface area contributed by atoms with Crippen molar-refractivity contribution in [1.29, 1.82) is 10.5 Å². The molecule has 2 aromatic heterocycles. The topological polar surface area (TPSA) is 123 Å². The number of carbonyl (C=O) groups is 1. The normalized spacial score (nSPS) is 17.0. The van der Waals surface area contributed by atoms with Gasteiger partial charge in [0.25, 0.3) is 0 Å². The molecule has 36 heavy (non-hydrogen) atoms. The summed E-state index contributed by atoms with van der Waals surface area (Å²) in [5.74, 6) is -1.29. The summed E-state index contributed by atoms with van der Waals surface area (Å²) in [6.07, 6.45) is 3.89. The molecule has 0 spiro atoms. The molecule has 10 nitrogen and oxygen atoms in total. The smallest absolute Gasteiger partial charge is 0.341 e. The van der Waals surface area contributed by atoms with E-state index in [0.29, 0.717) is 28.9 Å². The zero-order valence-electron chi connectivity index (χ0n) is 19.0. The lowest BCUT2D eigenvalue weighted by Gasteiger charge is -2.41. The fraction of sp³-hybridized carbons (Fsp3) is 0.250. The fourth-order valence-electron chi connectivity index (χ4n) is 4.20. The van der Waals surface area contributed by atoms with Gasteiger partial charge in [-0.25, -0.2) is 18.6 Å². The average molecular weight is 488 g/mol. The van der Waals surface area contributed by atoms with E-state index in [1.165, 1.54) is 39.0 Å². The molecule has 5 rings (SSSR count). The van der Waals surface area contributed by atoms with Crippen molar-refractivity contribution in [1.82, 2.24) is 24.7 Å². The van der Waals surface area contributed by atoms with Crippen LogP contribution >= 0.6 is 0 Å². The first-order valence-corrected chi connectivity index (χ1v) is 10.9. The molecule has 2 amide bonds. The van der Waals surface area contributed by atoms with Crippen molar-refractivity contribution < 1.29 is 18.3 Å². The summed E-state index contributed by atoms with van der Waals surface area (Å²) < 4.78 is 35.6. The number of hydrogen-bond acceptors (Lipinski definition) is 7. The molecule has 12 heteroatoms. The Hall–Kier alpha value is -4.84. The molecule has 0 saturated carbocycles. The van der Waals surface area contributed by atoms with Crippen LogP contribution in [0.15, 0.2) is 41.8 Å². The van der Waals surface area contributed by atoms with Gasteiger partial charge in [0.1, 0.15) is 23.7 Å². The second kappa shape index (κ2) is 9.07. The molecule has 1 fully saturated rings. The standard InChI is InChI=1S/C24H18F2N8O2/c1-32-23(16(9-28)10-31-32)20-7-22(19(26)11-29-20)36-18-12-33(13-18)24(35)34-21(2-3-30-34)15-4-14(8-27)5-17(25)6-15/h3-7,10-11,18,21H,2,12-13H2,1H3/t21-/m0/s1. The summed E-state index contributed by atoms with van der Waals surface area (Å²) in [6.45, 7) is 0.382. The number of urea groups is 1. The molecular weight excluding hydrogens is 470 g/mol. The van der Waals surface area contributed by atoms with E-state index < -0.39 is 29.8 Å². The minimum Gasteiger partial charge on any atom is -0.483 e. The Morgan fingerprint density at radius 3 is 2.69 bits per heavy atom. The average Bonchev–Trinajstić information content (AvgIpc) is 3.48. The molecule has 3 aromatic rings. The van der Waals surface area contributed by atoms with Crippen LogP contribution < -0.4 is 4.74 Å². The van der Waals surface area contributed by atoms with E-state index in [4.69, 9.17) is 10.00 Å². The lowest BCUT2D eigenvalue weighted by atomic mass is 10.0. The molecule has 4 heterocycles. The number of halogens is 2. The number of ether oxygens (including phenoxy) is 1. The monoisotopic (exact) mass is 488 g/mol. The molecule has 0 bridgehead atoms. The maximum Gasteiger partial charge on any atom is 0.341 e. The third kappa shape index (κ3) is 4.09. The van der Waals surface area contributed by atoms with E-state index >= 15 is 0 Å². The Labute approximate surface area is 204 Å². The first-order chi connectivity index (χ1) is 17.4. The molecule has 1 saturated heterocycles. The highest BCUT2D eigenvalue weighted by molar-refractivity contribution is 5.79. The SMILES string of the molecule is Cn1ncc(C#N)c1-c1cc(OC2CN(C(=O)N3N=CC[C@H]3c3cc(F)cc(C#N)c3)C2)c(F)cn1. The summed E-state index contributed by atoms with van der Waals surface area (Å²) in [5, 5.41) is 27.8. The highest BCUT2D eigenvalue weighted by Crippen LogP contribution is 2.32. The molecule has 0 radical (unpaired) electrons. The van der Waals surface area contributed by atoms with Crippen LogP contribution in [0, 0.1) is 34.3 Å². The maximum atomic E-state index is 14.4. The third-order valence-electron chi connectivity index (χ3n) is 5.99. The quantitative estimate of drug-likeness (QED) is 0.556. The van der Waals surface area contributed by atoms with Gasteiger partial charge in [0, 0.05) is 25.7 Å². The summed E-state index contributed by atoms with van der Waals surface area (Å²) in [7, 11) is 1.65. The summed E-state index contributed by atoms with van der Waals surface area (Å²) >= 11 is 0. The van der Waals surface area contributed by atoms with Gasteiger partial charge >= 0.3 is 6.03 Å². The number of nitrogens with zero attached hydrogens (tertiary/aromatic N) is 8. The highest BCUT2D eigenvalue weighted by atomic mass is 19.1. The zero-order chi connectivity index (χ0) is 25.4. The Bertz CT molecular complexity index is 1470. The Morgan fingerprint density at radius 1 is 1.14 bits per heavy atom. The lowest BCUT2D eigenvalue weighted by molar-refractivity contribution is 0.0257. The van der Waals surface area contributed by atoms with Gasteiger partial charge in [-0.3, -0.25) is 9.67 Å². The number of aromatic nitrogens is 3. The van der Waals surface area contributed by atoms with Gasteiger partial charge in [-0.2, -0.15) is 20.7 Å². The van der Waals surface area contributed by atoms with Gasteiger partial charge in [-0.15, -0.1) is 0 Å². The highest BCUT2D eigenvalue weighted by Gasteiger charge is 2.39. The van der Waals surface area contributed by atoms with E-state index in [1.54, 1.807) is 13.3 Å². The van der Waals surface area contributed by atoms with E-state index in [1.807, 2.05) is 12.1 Å². The predicted molar refractivity (Wildman–Crippen MR) is 121 cm³/mol. The Balaban J connectivity index is 1.26. The molecule has 2 aliphatic heterocycles. The number of pyridine rings is 1. The zero-order valence-corrected chi connectivity index (χ0v) is 19.0. The van der Waals surface area contributed by atoms with Crippen molar-refractivity contribution in [2.45, 2.75) is 18.6 Å². The maximum absolute atomic E-state index is 14.4. The van der Waals surface area contributed by atoms with Gasteiger partial charge in [-0.05, 0) is 23.8 Å². The van der Waals surface area contributed by atoms with Crippen LogP contribution in [0.2, 0.25) is 0 Å². The minimum absolute atomic E-state index is 0.0527. The van der Waals surface area contributed by atoms with Crippen molar-refractivity contribution in [3.05, 3.63) is 65.0 Å². The van der Waals surface area contributed by atoms with Crippen molar-refractivity contribution in [2.75, 3.05) is 13.1 Å². The van der Waals surface area contributed by atoms with E-state index in [9.17, 15) is 18.8 Å². The van der Waals surface area contributed by atoms with Gasteiger partial charge in [0.2, 0.25) is 0 Å². The molecule has 1 aromatic carbocycles. The van der Waals surface area contributed by atoms with Crippen LogP contribution in [0.5, 0.6) is 5.75 Å². The number of carbonyl (C=O) groups excluding carboxylic acids is 1. The largest absolute Gasteiger partial charge is 0.483 e. The van der Waals surface area contributed by atoms with Crippen molar-refractivity contribution in [3.63, 3.8) is 0 Å². The lowest BCUT2D eigenvalue weighted by Crippen LogP contribution is -2.58. The number of aryl methyl sites for hydroxylation is 1. The second-order valence-electron chi connectivity index (χ2n) is 8.35. The second-order valence-corrected chi connectivity index (χ2v) is 8.35. The van der Waals surface area contributed by atoms with Crippen LogP contribution in [0.4, 0.5) is 13.6 Å². The van der Waals surface area contributed by atoms with Crippen molar-refractivity contribution >= 4 is 12.2 Å². The molecule has 0 N–H and O–H groups in total. The molecule has 0 aliphatic carbocycles. The number of benzene rings is 1. The molecule has 1 atom stereocenters. The van der Waals surface area contributed by atoms with Gasteiger partial charge < -0.3 is 9.64 Å². The van der Waals surface area contributed by atoms with Crippen LogP contribution in [0.1, 0.15) is 29.2 Å². The number of hydrogen-bond donors (Lipinski definition) is 0. The van der Waals surface area contributed by atoms with Crippen LogP contribution in [0.25, 0.3) is 11.4 Å². The van der Waals surface area contributed by atoms with Gasteiger partial charge in [0.15, 0.2) is 11.6 Å². The first-order valence-electron chi connectivity index (χ1n) is 10.9. The van der Waals surface area contributed by atoms with Crippen LogP contribution in [-0.4, -0.2) is 56.1 Å². The Kier molecular flexibility index (Phi) is 5.78. The molecule has 0 unspecified atom stereocenters. The third-order valence-corrected chi connectivity index (χ3v) is 5.99. The summed E-state index contributed by atoms with van der Waals surface area (Å²) in [6, 6.07) is 8.35. The molecular formula is C24H18F2N8O2. The summed E-state index contributed by atoms with van der Waals surface area (Å²) in [5.41, 5.74) is 1.69. The molecule has 2 aliphatic rings. The van der Waals surface area contributed by atoms with E-state index in [-0.39, 0.29) is 24.4 Å². The number of nitriles is 2. The summed E-state index contributed by atoms with van der Waals surface area (Å²) in [4.78, 5) is 18.6. The molecule has 180 valence electrons. The van der Waals surface area contributed by atoms with Gasteiger partial charge in [0.05, 0.1) is 54.4 Å². The van der Waals surface area contributed by atoms with Crippen LogP contribution in [0.3, 0.4) is 0 Å². The minimum atomic E-state index is -0.673. The first kappa shape index (κ1) is 22.9. The van der Waals surface area contributed by atoms with E-state index in [0.717, 1.165) is 12.3 Å². The number of likely N-dealkylation sites (tertiary alicyclic amines) is 1. The van der Waals surface area contributed by atoms with E-state index in [2.05, 4.69) is 15.2 Å². The fourth-order valence-corrected chi connectivity index (χ4v) is 4.20. The number of rotatable bonds is 4. The van der Waals surface area contributed by atoms with Crippen LogP contribution in [-0.2, 0) is 7.05 Å². The predicted octanol–water partition coefficient (Wildman–Crippen LogP) is 3.12. The Morgan fingerprint density at radius 2 is 1.94 bits per heavy atom. The van der Waals surface area contributed by atoms with Gasteiger partial charge in [-0.1, -0.05) is 0 Å². The van der Waals surface area contributed by atoms with Crippen molar-refractivity contribution in [2.24, 2.45) is 12.1 Å². The van der Waals surface area contributed by atoms with Crippen molar-refractivity contribution in [3.8, 4) is 29.3 Å². The number of amides is 2.